The number of rotatable bonds is 2. The summed E-state index contributed by atoms with van der Waals surface area (Å²) in [6.07, 6.45) is 1.73. The predicted molar refractivity (Wildman–Crippen MR) is 93.1 cm³/mol. The van der Waals surface area contributed by atoms with Crippen LogP contribution in [0.25, 0.3) is 6.08 Å². The van der Waals surface area contributed by atoms with E-state index in [9.17, 15) is 9.90 Å². The van der Waals surface area contributed by atoms with Crippen LogP contribution in [0.4, 0.5) is 5.69 Å². The molecule has 0 saturated heterocycles. The van der Waals surface area contributed by atoms with E-state index in [1.165, 1.54) is 5.01 Å². The first-order valence-electron chi connectivity index (χ1n) is 6.81. The summed E-state index contributed by atoms with van der Waals surface area (Å²) in [7, 11) is 0. The van der Waals surface area contributed by atoms with Crippen molar-refractivity contribution in [2.45, 2.75) is 6.92 Å². The summed E-state index contributed by atoms with van der Waals surface area (Å²) in [4.78, 5) is 12.6. The average molecular weight is 347 g/mol. The normalized spacial score (nSPS) is 16.1. The standard InChI is InChI=1S/C17H12Cl2N2O2/c1-10-14(8-11-2-5-13(22)6-3-11)17(23)21(20-10)12-4-7-15(18)16(19)9-12/h2-9,22H,1H3. The Hall–Kier alpha value is -2.30. The average Bonchev–Trinajstić information content (AvgIpc) is 2.80. The molecular formula is C17H12Cl2N2O2. The van der Waals surface area contributed by atoms with Gasteiger partial charge in [0, 0.05) is 0 Å². The highest BCUT2D eigenvalue weighted by molar-refractivity contribution is 6.42. The zero-order valence-corrected chi connectivity index (χ0v) is 13.6. The molecule has 0 fully saturated rings. The Morgan fingerprint density at radius 2 is 1.78 bits per heavy atom. The van der Waals surface area contributed by atoms with Crippen molar-refractivity contribution in [2.24, 2.45) is 5.10 Å². The number of hydrazone groups is 1. The molecule has 0 aromatic heterocycles. The smallest absolute Gasteiger partial charge is 0.280 e. The quantitative estimate of drug-likeness (QED) is 0.813. The molecule has 6 heteroatoms. The lowest BCUT2D eigenvalue weighted by molar-refractivity contribution is -0.114. The molecule has 23 heavy (non-hydrogen) atoms. The number of hydrogen-bond donors (Lipinski definition) is 1. The van der Waals surface area contributed by atoms with Crippen molar-refractivity contribution in [3.63, 3.8) is 0 Å². The summed E-state index contributed by atoms with van der Waals surface area (Å²) in [5.41, 5.74) is 2.45. The van der Waals surface area contributed by atoms with E-state index in [1.807, 2.05) is 0 Å². The number of amides is 1. The van der Waals surface area contributed by atoms with Gasteiger partial charge in [0.15, 0.2) is 0 Å². The molecule has 0 radical (unpaired) electrons. The van der Waals surface area contributed by atoms with Crippen LogP contribution < -0.4 is 5.01 Å². The SMILES string of the molecule is CC1=NN(c2ccc(Cl)c(Cl)c2)C(=O)C1=Cc1ccc(O)cc1. The lowest BCUT2D eigenvalue weighted by atomic mass is 10.1. The molecule has 1 aliphatic heterocycles. The van der Waals surface area contributed by atoms with Gasteiger partial charge in [-0.15, -0.1) is 0 Å². The van der Waals surface area contributed by atoms with Gasteiger partial charge in [0.25, 0.3) is 5.91 Å². The van der Waals surface area contributed by atoms with Gasteiger partial charge < -0.3 is 5.11 Å². The van der Waals surface area contributed by atoms with Crippen molar-refractivity contribution in [1.29, 1.82) is 0 Å². The summed E-state index contributed by atoms with van der Waals surface area (Å²) in [5.74, 6) is -0.0679. The van der Waals surface area contributed by atoms with Crippen LogP contribution in [0.2, 0.25) is 10.0 Å². The molecule has 3 rings (SSSR count). The molecule has 0 bridgehead atoms. The molecule has 0 atom stereocenters. The summed E-state index contributed by atoms with van der Waals surface area (Å²) in [6, 6.07) is 11.5. The Morgan fingerprint density at radius 1 is 1.09 bits per heavy atom. The number of carbonyl (C=O) groups excluding carboxylic acids is 1. The van der Waals surface area contributed by atoms with E-state index < -0.39 is 0 Å². The zero-order valence-electron chi connectivity index (χ0n) is 12.1. The minimum Gasteiger partial charge on any atom is -0.508 e. The third kappa shape index (κ3) is 3.09. The van der Waals surface area contributed by atoms with Crippen LogP contribution in [-0.2, 0) is 4.79 Å². The lowest BCUT2D eigenvalue weighted by Crippen LogP contribution is -2.21. The number of aromatic hydroxyl groups is 1. The molecule has 2 aromatic rings. The van der Waals surface area contributed by atoms with Crippen LogP contribution in [0.5, 0.6) is 5.75 Å². The van der Waals surface area contributed by atoms with Crippen LogP contribution in [0.15, 0.2) is 53.1 Å². The predicted octanol–water partition coefficient (Wildman–Crippen LogP) is 4.51. The molecule has 0 saturated carbocycles. The largest absolute Gasteiger partial charge is 0.508 e. The minimum atomic E-state index is -0.242. The van der Waals surface area contributed by atoms with Gasteiger partial charge in [-0.05, 0) is 48.9 Å². The van der Waals surface area contributed by atoms with Crippen LogP contribution in [0.3, 0.4) is 0 Å². The number of hydrogen-bond acceptors (Lipinski definition) is 3. The van der Waals surface area contributed by atoms with E-state index in [-0.39, 0.29) is 11.7 Å². The maximum Gasteiger partial charge on any atom is 0.280 e. The van der Waals surface area contributed by atoms with Crippen molar-refractivity contribution in [1.82, 2.24) is 0 Å². The highest BCUT2D eigenvalue weighted by Crippen LogP contribution is 2.30. The number of carbonyl (C=O) groups is 1. The van der Waals surface area contributed by atoms with Crippen LogP contribution in [-0.4, -0.2) is 16.7 Å². The molecule has 1 heterocycles. The number of phenols is 1. The van der Waals surface area contributed by atoms with Crippen molar-refractivity contribution < 1.29 is 9.90 Å². The van der Waals surface area contributed by atoms with Crippen molar-refractivity contribution in [3.8, 4) is 5.75 Å². The highest BCUT2D eigenvalue weighted by atomic mass is 35.5. The van der Waals surface area contributed by atoms with Crippen molar-refractivity contribution in [3.05, 3.63) is 63.6 Å². The van der Waals surface area contributed by atoms with E-state index in [0.717, 1.165) is 5.56 Å². The first-order valence-corrected chi connectivity index (χ1v) is 7.57. The first-order chi connectivity index (χ1) is 11.0. The van der Waals surface area contributed by atoms with Gasteiger partial charge in [0.1, 0.15) is 5.75 Å². The zero-order chi connectivity index (χ0) is 16.6. The van der Waals surface area contributed by atoms with E-state index in [1.54, 1.807) is 55.5 Å². The minimum absolute atomic E-state index is 0.174. The van der Waals surface area contributed by atoms with Crippen LogP contribution in [0.1, 0.15) is 12.5 Å². The summed E-state index contributed by atoms with van der Waals surface area (Å²) < 4.78 is 0. The van der Waals surface area contributed by atoms with E-state index in [2.05, 4.69) is 5.10 Å². The molecule has 4 nitrogen and oxygen atoms in total. The Balaban J connectivity index is 1.94. The Morgan fingerprint density at radius 3 is 2.43 bits per heavy atom. The molecule has 1 amide bonds. The molecular weight excluding hydrogens is 335 g/mol. The first kappa shape index (κ1) is 15.6. The third-order valence-corrected chi connectivity index (χ3v) is 4.15. The van der Waals surface area contributed by atoms with Gasteiger partial charge in [-0.2, -0.15) is 10.1 Å². The monoisotopic (exact) mass is 346 g/mol. The highest BCUT2D eigenvalue weighted by Gasteiger charge is 2.28. The molecule has 2 aromatic carbocycles. The van der Waals surface area contributed by atoms with Crippen LogP contribution >= 0.6 is 23.2 Å². The van der Waals surface area contributed by atoms with Gasteiger partial charge in [0.2, 0.25) is 0 Å². The topological polar surface area (TPSA) is 52.9 Å². The number of anilines is 1. The molecule has 0 unspecified atom stereocenters. The van der Waals surface area contributed by atoms with Gasteiger partial charge >= 0.3 is 0 Å². The van der Waals surface area contributed by atoms with Crippen LogP contribution in [0, 0.1) is 0 Å². The van der Waals surface area contributed by atoms with Gasteiger partial charge in [-0.1, -0.05) is 35.3 Å². The van der Waals surface area contributed by atoms with E-state index in [4.69, 9.17) is 23.2 Å². The molecule has 1 N–H and O–H groups in total. The maximum absolute atomic E-state index is 12.6. The van der Waals surface area contributed by atoms with Gasteiger partial charge in [-0.25, -0.2) is 0 Å². The second-order valence-corrected chi connectivity index (χ2v) is 5.86. The molecule has 0 aliphatic carbocycles. The Labute approximate surface area is 143 Å². The fourth-order valence-electron chi connectivity index (χ4n) is 2.21. The molecule has 0 spiro atoms. The second-order valence-electron chi connectivity index (χ2n) is 5.05. The van der Waals surface area contributed by atoms with Crippen molar-refractivity contribution in [2.75, 3.05) is 5.01 Å². The number of phenolic OH excluding ortho intramolecular Hbond substituents is 1. The number of benzene rings is 2. The van der Waals surface area contributed by atoms with E-state index in [0.29, 0.717) is 27.0 Å². The Kier molecular flexibility index (Phi) is 4.11. The second kappa shape index (κ2) is 6.07. The molecule has 1 aliphatic rings. The fourth-order valence-corrected chi connectivity index (χ4v) is 2.51. The van der Waals surface area contributed by atoms with Gasteiger partial charge in [0.05, 0.1) is 27.0 Å². The van der Waals surface area contributed by atoms with Gasteiger partial charge in [-0.3, -0.25) is 4.79 Å². The molecule has 116 valence electrons. The summed E-state index contributed by atoms with van der Waals surface area (Å²) in [6.45, 7) is 1.77. The maximum atomic E-state index is 12.6. The number of halogens is 2. The summed E-state index contributed by atoms with van der Waals surface area (Å²) >= 11 is 11.9. The lowest BCUT2D eigenvalue weighted by Gasteiger charge is -2.12. The van der Waals surface area contributed by atoms with E-state index >= 15 is 0 Å². The fraction of sp³-hybridized carbons (Fsp3) is 0.0588. The van der Waals surface area contributed by atoms with Crippen molar-refractivity contribution >= 4 is 46.6 Å². The Bertz CT molecular complexity index is 842. The number of nitrogens with zero attached hydrogens (tertiary/aromatic N) is 2. The third-order valence-electron chi connectivity index (χ3n) is 3.41. The summed E-state index contributed by atoms with van der Waals surface area (Å²) in [5, 5.41) is 15.7.